The molecule has 0 aliphatic carbocycles. The van der Waals surface area contributed by atoms with Crippen molar-refractivity contribution in [2.24, 2.45) is 5.14 Å². The molecule has 0 saturated heterocycles. The molecule has 8 nitrogen and oxygen atoms in total. The fraction of sp³-hybridized carbons (Fsp3) is 0.211. The molecule has 1 aromatic heterocycles. The van der Waals surface area contributed by atoms with Crippen molar-refractivity contribution in [3.63, 3.8) is 0 Å². The Hall–Kier alpha value is -2.82. The highest BCUT2D eigenvalue weighted by atomic mass is 32.2. The van der Waals surface area contributed by atoms with Crippen LogP contribution in [-0.2, 0) is 27.8 Å². The molecule has 10 heteroatoms. The van der Waals surface area contributed by atoms with Crippen molar-refractivity contribution in [2.45, 2.75) is 24.8 Å². The molecular formula is C19H21N5O3S2. The molecule has 2 aromatic carbocycles. The zero-order valence-corrected chi connectivity index (χ0v) is 17.4. The molecule has 0 aliphatic heterocycles. The Morgan fingerprint density at radius 2 is 1.97 bits per heavy atom. The molecule has 0 saturated carbocycles. The molecule has 0 bridgehead atoms. The fourth-order valence-corrected chi connectivity index (χ4v) is 3.57. The van der Waals surface area contributed by atoms with Crippen molar-refractivity contribution in [1.29, 1.82) is 0 Å². The lowest BCUT2D eigenvalue weighted by atomic mass is 10.1. The number of hydrogen-bond acceptors (Lipinski definition) is 5. The summed E-state index contributed by atoms with van der Waals surface area (Å²) in [7, 11) is -3.71. The van der Waals surface area contributed by atoms with E-state index < -0.39 is 10.0 Å². The van der Waals surface area contributed by atoms with Crippen LogP contribution in [0, 0.1) is 11.7 Å². The molecule has 0 atom stereocenters. The van der Waals surface area contributed by atoms with E-state index in [0.717, 1.165) is 16.7 Å². The number of sulfonamides is 1. The van der Waals surface area contributed by atoms with Crippen molar-refractivity contribution >= 4 is 28.1 Å². The topological polar surface area (TPSA) is 123 Å². The second-order valence-electron chi connectivity index (χ2n) is 6.60. The maximum Gasteiger partial charge on any atom is 0.240 e. The van der Waals surface area contributed by atoms with Gasteiger partial charge in [0, 0.05) is 12.1 Å². The van der Waals surface area contributed by atoms with E-state index in [1.807, 2.05) is 31.2 Å². The van der Waals surface area contributed by atoms with Gasteiger partial charge in [0.25, 0.3) is 0 Å². The second kappa shape index (κ2) is 8.68. The first-order chi connectivity index (χ1) is 13.7. The lowest BCUT2D eigenvalue weighted by molar-refractivity contribution is -0.121. The number of aromatic nitrogens is 3. The summed E-state index contributed by atoms with van der Waals surface area (Å²) in [5, 5.41) is 14.9. The molecule has 4 N–H and O–H groups in total. The maximum absolute atomic E-state index is 12.4. The van der Waals surface area contributed by atoms with Crippen molar-refractivity contribution in [2.75, 3.05) is 6.54 Å². The summed E-state index contributed by atoms with van der Waals surface area (Å²) in [5.74, 6) is 0.407. The van der Waals surface area contributed by atoms with Gasteiger partial charge in [0.15, 0.2) is 10.6 Å². The summed E-state index contributed by atoms with van der Waals surface area (Å²) in [6.07, 6.45) is 0.554. The minimum atomic E-state index is -3.71. The molecule has 1 heterocycles. The summed E-state index contributed by atoms with van der Waals surface area (Å²) in [5.41, 5.74) is 2.85. The lowest BCUT2D eigenvalue weighted by Crippen LogP contribution is -2.29. The largest absolute Gasteiger partial charge is 0.354 e. The number of benzene rings is 2. The third kappa shape index (κ3) is 5.37. The van der Waals surface area contributed by atoms with Crippen molar-refractivity contribution in [3.8, 4) is 11.4 Å². The van der Waals surface area contributed by atoms with Crippen LogP contribution in [0.5, 0.6) is 0 Å². The van der Waals surface area contributed by atoms with Gasteiger partial charge in [0.05, 0.1) is 4.90 Å². The van der Waals surface area contributed by atoms with E-state index >= 15 is 0 Å². The quantitative estimate of drug-likeness (QED) is 0.493. The Labute approximate surface area is 173 Å². The fourth-order valence-electron chi connectivity index (χ4n) is 2.86. The first-order valence-corrected chi connectivity index (χ1v) is 10.8. The highest BCUT2D eigenvalue weighted by Gasteiger charge is 2.12. The number of H-pyrrole nitrogens is 1. The summed E-state index contributed by atoms with van der Waals surface area (Å²) in [6.45, 7) is 2.43. The van der Waals surface area contributed by atoms with E-state index in [2.05, 4.69) is 15.5 Å². The number of rotatable bonds is 7. The molecule has 152 valence electrons. The molecule has 0 spiro atoms. The number of carbonyl (C=O) groups is 1. The Morgan fingerprint density at radius 1 is 1.24 bits per heavy atom. The van der Waals surface area contributed by atoms with Crippen LogP contribution in [-0.4, -0.2) is 35.6 Å². The number of aryl methyl sites for hydroxylation is 1. The zero-order valence-electron chi connectivity index (χ0n) is 15.8. The Balaban J connectivity index is 1.61. The minimum absolute atomic E-state index is 0.0446. The average molecular weight is 432 g/mol. The predicted octanol–water partition coefficient (Wildman–Crippen LogP) is 1.92. The monoisotopic (exact) mass is 431 g/mol. The van der Waals surface area contributed by atoms with Gasteiger partial charge in [-0.1, -0.05) is 35.9 Å². The molecule has 0 fully saturated rings. The molecular weight excluding hydrogens is 410 g/mol. The van der Waals surface area contributed by atoms with Crippen LogP contribution in [0.4, 0.5) is 0 Å². The average Bonchev–Trinajstić information content (AvgIpc) is 3.02. The number of nitrogens with two attached hydrogens (primary N) is 1. The zero-order chi connectivity index (χ0) is 21.0. The highest BCUT2D eigenvalue weighted by Crippen LogP contribution is 2.18. The van der Waals surface area contributed by atoms with Gasteiger partial charge in [-0.15, -0.1) is 0 Å². The number of nitrogens with one attached hydrogen (secondary N) is 2. The van der Waals surface area contributed by atoms with Crippen LogP contribution in [0.3, 0.4) is 0 Å². The normalized spacial score (nSPS) is 11.4. The summed E-state index contributed by atoms with van der Waals surface area (Å²) >= 11 is 5.26. The number of nitrogens with zero attached hydrogens (tertiary/aromatic N) is 2. The molecule has 1 amide bonds. The smallest absolute Gasteiger partial charge is 0.240 e. The van der Waals surface area contributed by atoms with Crippen molar-refractivity contribution in [3.05, 3.63) is 64.4 Å². The lowest BCUT2D eigenvalue weighted by Gasteiger charge is -2.09. The molecule has 29 heavy (non-hydrogen) atoms. The first kappa shape index (κ1) is 20.9. The van der Waals surface area contributed by atoms with Gasteiger partial charge in [-0.25, -0.2) is 13.6 Å². The third-order valence-electron chi connectivity index (χ3n) is 4.32. The Bertz CT molecular complexity index is 1180. The van der Waals surface area contributed by atoms with E-state index in [0.29, 0.717) is 23.6 Å². The molecule has 0 radical (unpaired) electrons. The van der Waals surface area contributed by atoms with Crippen LogP contribution in [0.2, 0.25) is 0 Å². The standard InChI is InChI=1S/C19H21N5O3S2/c1-13-3-2-4-15(11-13)18-22-23-19(28)24(18)12-17(25)21-10-9-14-5-7-16(8-6-14)29(20,26)27/h2-8,11H,9-10,12H2,1H3,(H,21,25)(H,23,28)(H2,20,26,27). The van der Waals surface area contributed by atoms with Gasteiger partial charge in [-0.2, -0.15) is 5.10 Å². The van der Waals surface area contributed by atoms with E-state index in [9.17, 15) is 13.2 Å². The van der Waals surface area contributed by atoms with Crippen LogP contribution in [0.15, 0.2) is 53.4 Å². The SMILES string of the molecule is Cc1cccc(-c2n[nH]c(=S)n2CC(=O)NCCc2ccc(S(N)(=O)=O)cc2)c1. The Morgan fingerprint density at radius 3 is 2.62 bits per heavy atom. The second-order valence-corrected chi connectivity index (χ2v) is 8.55. The number of hydrogen-bond donors (Lipinski definition) is 3. The summed E-state index contributed by atoms with van der Waals surface area (Å²) in [4.78, 5) is 12.4. The number of aromatic amines is 1. The third-order valence-corrected chi connectivity index (χ3v) is 5.56. The minimum Gasteiger partial charge on any atom is -0.354 e. The van der Waals surface area contributed by atoms with Gasteiger partial charge in [0.2, 0.25) is 15.9 Å². The van der Waals surface area contributed by atoms with Gasteiger partial charge in [-0.05, 0) is 49.3 Å². The van der Waals surface area contributed by atoms with Gasteiger partial charge < -0.3 is 5.32 Å². The number of primary sulfonamides is 1. The predicted molar refractivity (Wildman–Crippen MR) is 112 cm³/mol. The first-order valence-electron chi connectivity index (χ1n) is 8.85. The summed E-state index contributed by atoms with van der Waals surface area (Å²) < 4.78 is 24.6. The van der Waals surface area contributed by atoms with Gasteiger partial charge >= 0.3 is 0 Å². The molecule has 0 unspecified atom stereocenters. The highest BCUT2D eigenvalue weighted by molar-refractivity contribution is 7.89. The van der Waals surface area contributed by atoms with Crippen LogP contribution < -0.4 is 10.5 Å². The van der Waals surface area contributed by atoms with Crippen molar-refractivity contribution < 1.29 is 13.2 Å². The van der Waals surface area contributed by atoms with Crippen LogP contribution in [0.25, 0.3) is 11.4 Å². The molecule has 3 aromatic rings. The van der Waals surface area contributed by atoms with E-state index in [-0.39, 0.29) is 17.3 Å². The van der Waals surface area contributed by atoms with E-state index in [1.165, 1.54) is 12.1 Å². The maximum atomic E-state index is 12.4. The van der Waals surface area contributed by atoms with E-state index in [4.69, 9.17) is 17.4 Å². The molecule has 0 aliphatic rings. The van der Waals surface area contributed by atoms with Crippen molar-refractivity contribution in [1.82, 2.24) is 20.1 Å². The van der Waals surface area contributed by atoms with Gasteiger partial charge in [0.1, 0.15) is 6.54 Å². The molecule has 3 rings (SSSR count). The van der Waals surface area contributed by atoms with Crippen LogP contribution in [0.1, 0.15) is 11.1 Å². The van der Waals surface area contributed by atoms with E-state index in [1.54, 1.807) is 16.7 Å². The Kier molecular flexibility index (Phi) is 6.26. The summed E-state index contributed by atoms with van der Waals surface area (Å²) in [6, 6.07) is 14.0. The number of amides is 1. The van der Waals surface area contributed by atoms with Gasteiger partial charge in [-0.3, -0.25) is 14.5 Å². The van der Waals surface area contributed by atoms with Crippen LogP contribution >= 0.6 is 12.2 Å². The number of carbonyl (C=O) groups excluding carboxylic acids is 1.